The summed E-state index contributed by atoms with van der Waals surface area (Å²) >= 11 is 6.09. The van der Waals surface area contributed by atoms with Crippen LogP contribution >= 0.6 is 11.6 Å². The van der Waals surface area contributed by atoms with Crippen LogP contribution in [-0.4, -0.2) is 23.4 Å². The van der Waals surface area contributed by atoms with Crippen LogP contribution < -0.4 is 9.47 Å². The van der Waals surface area contributed by atoms with Crippen LogP contribution in [0.3, 0.4) is 0 Å². The molecule has 0 radical (unpaired) electrons. The average molecular weight is 403 g/mol. The molecule has 1 aliphatic rings. The first-order valence-corrected chi connectivity index (χ1v) is 7.90. The Balaban J connectivity index is 2.12. The molecule has 2 aromatic rings. The number of hydrogen-bond acceptors (Lipinski definition) is 3. The predicted octanol–water partition coefficient (Wildman–Crippen LogP) is 5.37. The minimum absolute atomic E-state index is 0.0209. The molecule has 3 rings (SSSR count). The zero-order valence-corrected chi connectivity index (χ0v) is 14.4. The Labute approximate surface area is 155 Å². The average Bonchev–Trinajstić information content (AvgIpc) is 2.57. The highest BCUT2D eigenvalue weighted by atomic mass is 35.5. The Bertz CT molecular complexity index is 953. The number of benzene rings is 2. The normalized spacial score (nSPS) is 16.2. The number of fused-ring (bicyclic) bond motifs is 1. The van der Waals surface area contributed by atoms with Crippen LogP contribution in [0.1, 0.15) is 11.1 Å². The lowest BCUT2D eigenvalue weighted by atomic mass is 10.0. The van der Waals surface area contributed by atoms with E-state index < -0.39 is 29.6 Å². The van der Waals surface area contributed by atoms with Crippen LogP contribution in [0.15, 0.2) is 35.9 Å². The van der Waals surface area contributed by atoms with Gasteiger partial charge in [-0.3, -0.25) is 0 Å². The molecule has 0 bridgehead atoms. The molecule has 0 saturated carbocycles. The zero-order chi connectivity index (χ0) is 19.9. The molecule has 0 fully saturated rings. The highest BCUT2D eigenvalue weighted by molar-refractivity contribution is 6.32. The number of carbonyl (C=O) groups is 1. The Kier molecular flexibility index (Phi) is 4.77. The van der Waals surface area contributed by atoms with Gasteiger partial charge >= 0.3 is 12.1 Å². The van der Waals surface area contributed by atoms with Gasteiger partial charge in [0.1, 0.15) is 17.3 Å². The van der Waals surface area contributed by atoms with Crippen LogP contribution in [0.4, 0.5) is 17.6 Å². The molecule has 9 heteroatoms. The lowest BCUT2D eigenvalue weighted by molar-refractivity contribution is -0.187. The molecular formula is C18H11ClF4O4. The van der Waals surface area contributed by atoms with Crippen molar-refractivity contribution in [2.24, 2.45) is 0 Å². The van der Waals surface area contributed by atoms with Crippen molar-refractivity contribution >= 4 is 23.6 Å². The topological polar surface area (TPSA) is 55.8 Å². The number of carboxylic acid groups (broad SMARTS) is 1. The second-order valence-electron chi connectivity index (χ2n) is 5.74. The Morgan fingerprint density at radius 2 is 1.96 bits per heavy atom. The highest BCUT2D eigenvalue weighted by Crippen LogP contribution is 2.45. The van der Waals surface area contributed by atoms with E-state index in [1.165, 1.54) is 24.3 Å². The van der Waals surface area contributed by atoms with Crippen LogP contribution in [0.2, 0.25) is 5.02 Å². The number of alkyl halides is 3. The van der Waals surface area contributed by atoms with Gasteiger partial charge in [-0.05, 0) is 48.9 Å². The summed E-state index contributed by atoms with van der Waals surface area (Å²) in [5.74, 6) is -2.41. The summed E-state index contributed by atoms with van der Waals surface area (Å²) in [5, 5.41) is 9.18. The first-order valence-electron chi connectivity index (χ1n) is 7.52. The van der Waals surface area contributed by atoms with Gasteiger partial charge in [0.15, 0.2) is 5.75 Å². The number of aryl methyl sites for hydroxylation is 1. The Hall–Kier alpha value is -2.74. The molecule has 0 amide bonds. The SMILES string of the molecule is Cc1cc(F)ccc1Oc1c(Cl)ccc2c1C=C(C(=O)O)C(C(F)(F)F)O2. The van der Waals surface area contributed by atoms with Gasteiger partial charge in [0, 0.05) is 0 Å². The third-order valence-corrected chi connectivity index (χ3v) is 4.13. The second kappa shape index (κ2) is 6.77. The molecule has 0 saturated heterocycles. The summed E-state index contributed by atoms with van der Waals surface area (Å²) in [4.78, 5) is 11.3. The number of hydrogen-bond donors (Lipinski definition) is 1. The summed E-state index contributed by atoms with van der Waals surface area (Å²) < 4.78 is 63.2. The molecule has 1 atom stereocenters. The maximum Gasteiger partial charge on any atom is 0.430 e. The van der Waals surface area contributed by atoms with Gasteiger partial charge in [-0.2, -0.15) is 13.2 Å². The first kappa shape index (κ1) is 19.0. The van der Waals surface area contributed by atoms with Gasteiger partial charge in [-0.25, -0.2) is 9.18 Å². The van der Waals surface area contributed by atoms with Crippen LogP contribution in [-0.2, 0) is 4.79 Å². The van der Waals surface area contributed by atoms with Crippen molar-refractivity contribution in [3.63, 3.8) is 0 Å². The van der Waals surface area contributed by atoms with E-state index in [-0.39, 0.29) is 27.8 Å². The Morgan fingerprint density at radius 1 is 1.26 bits per heavy atom. The minimum Gasteiger partial charge on any atom is -0.478 e. The van der Waals surface area contributed by atoms with Gasteiger partial charge in [0.2, 0.25) is 6.10 Å². The molecule has 0 aliphatic carbocycles. The smallest absolute Gasteiger partial charge is 0.430 e. The summed E-state index contributed by atoms with van der Waals surface area (Å²) in [7, 11) is 0. The van der Waals surface area contributed by atoms with Gasteiger partial charge in [-0.1, -0.05) is 11.6 Å². The van der Waals surface area contributed by atoms with E-state index in [1.807, 2.05) is 0 Å². The number of carboxylic acids is 1. The predicted molar refractivity (Wildman–Crippen MR) is 88.7 cm³/mol. The zero-order valence-electron chi connectivity index (χ0n) is 13.6. The third-order valence-electron chi connectivity index (χ3n) is 3.83. The van der Waals surface area contributed by atoms with E-state index in [1.54, 1.807) is 6.92 Å². The molecule has 4 nitrogen and oxygen atoms in total. The lowest BCUT2D eigenvalue weighted by Crippen LogP contribution is -2.40. The van der Waals surface area contributed by atoms with Crippen molar-refractivity contribution in [1.29, 1.82) is 0 Å². The fraction of sp³-hybridized carbons (Fsp3) is 0.167. The van der Waals surface area contributed by atoms with Crippen LogP contribution in [0, 0.1) is 12.7 Å². The maximum atomic E-state index is 13.3. The molecule has 142 valence electrons. The molecule has 1 N–H and O–H groups in total. The van der Waals surface area contributed by atoms with Gasteiger partial charge in [-0.15, -0.1) is 0 Å². The molecule has 27 heavy (non-hydrogen) atoms. The van der Waals surface area contributed by atoms with Gasteiger partial charge in [0.25, 0.3) is 0 Å². The van der Waals surface area contributed by atoms with E-state index in [9.17, 15) is 22.4 Å². The summed E-state index contributed by atoms with van der Waals surface area (Å²) in [6, 6.07) is 6.12. The van der Waals surface area contributed by atoms with Crippen molar-refractivity contribution in [2.45, 2.75) is 19.2 Å². The van der Waals surface area contributed by atoms with Crippen molar-refractivity contribution in [3.8, 4) is 17.2 Å². The highest BCUT2D eigenvalue weighted by Gasteiger charge is 2.48. The van der Waals surface area contributed by atoms with Gasteiger partial charge in [0.05, 0.1) is 16.2 Å². The molecular weight excluding hydrogens is 392 g/mol. The molecule has 0 spiro atoms. The maximum absolute atomic E-state index is 13.3. The van der Waals surface area contributed by atoms with Crippen molar-refractivity contribution < 1.29 is 36.9 Å². The molecule has 1 unspecified atom stereocenters. The van der Waals surface area contributed by atoms with Crippen molar-refractivity contribution in [2.75, 3.05) is 0 Å². The Morgan fingerprint density at radius 3 is 2.56 bits per heavy atom. The summed E-state index contributed by atoms with van der Waals surface area (Å²) in [6.45, 7) is 1.57. The quantitative estimate of drug-likeness (QED) is 0.701. The second-order valence-corrected chi connectivity index (χ2v) is 6.15. The minimum atomic E-state index is -4.92. The monoisotopic (exact) mass is 402 g/mol. The van der Waals surface area contributed by atoms with E-state index in [2.05, 4.69) is 0 Å². The number of ether oxygens (including phenoxy) is 2. The number of rotatable bonds is 3. The molecule has 2 aromatic carbocycles. The van der Waals surface area contributed by atoms with E-state index in [0.29, 0.717) is 5.56 Å². The van der Waals surface area contributed by atoms with E-state index in [0.717, 1.165) is 12.1 Å². The lowest BCUT2D eigenvalue weighted by Gasteiger charge is -2.28. The fourth-order valence-electron chi connectivity index (χ4n) is 2.57. The van der Waals surface area contributed by atoms with Crippen molar-refractivity contribution in [3.05, 3.63) is 57.9 Å². The van der Waals surface area contributed by atoms with E-state index in [4.69, 9.17) is 26.2 Å². The van der Waals surface area contributed by atoms with Gasteiger partial charge < -0.3 is 14.6 Å². The fourth-order valence-corrected chi connectivity index (χ4v) is 2.78. The largest absolute Gasteiger partial charge is 0.478 e. The first-order chi connectivity index (χ1) is 12.6. The third kappa shape index (κ3) is 3.71. The number of aliphatic carboxylic acids is 1. The standard InChI is InChI=1S/C18H11ClF4O4/c1-8-6-9(20)2-4-13(8)26-15-10-7-11(17(24)25)16(18(21,22)23)27-14(10)5-3-12(15)19/h2-7,16H,1H3,(H,24,25). The summed E-state index contributed by atoms with van der Waals surface area (Å²) in [6.07, 6.45) is -6.72. The molecule has 0 aromatic heterocycles. The van der Waals surface area contributed by atoms with Crippen LogP contribution in [0.5, 0.6) is 17.2 Å². The summed E-state index contributed by atoms with van der Waals surface area (Å²) in [5.41, 5.74) is -0.641. The van der Waals surface area contributed by atoms with E-state index >= 15 is 0 Å². The molecule has 1 heterocycles. The van der Waals surface area contributed by atoms with Crippen molar-refractivity contribution in [1.82, 2.24) is 0 Å². The number of halogens is 5. The van der Waals surface area contributed by atoms with Crippen LogP contribution in [0.25, 0.3) is 6.08 Å². The molecule has 1 aliphatic heterocycles.